The van der Waals surface area contributed by atoms with Gasteiger partial charge in [-0.25, -0.2) is 4.79 Å². The summed E-state index contributed by atoms with van der Waals surface area (Å²) in [5, 5.41) is 8.20. The van der Waals surface area contributed by atoms with Crippen LogP contribution in [0.3, 0.4) is 0 Å². The van der Waals surface area contributed by atoms with Crippen molar-refractivity contribution in [3.8, 4) is 5.75 Å². The zero-order valence-electron chi connectivity index (χ0n) is 21.2. The van der Waals surface area contributed by atoms with Crippen LogP contribution >= 0.6 is 11.8 Å². The van der Waals surface area contributed by atoms with E-state index in [1.807, 2.05) is 109 Å². The molecular formula is C31H31N3O3S. The molecule has 0 spiro atoms. The van der Waals surface area contributed by atoms with Gasteiger partial charge in [0, 0.05) is 22.0 Å². The Labute approximate surface area is 227 Å². The van der Waals surface area contributed by atoms with E-state index in [4.69, 9.17) is 4.74 Å². The number of benzene rings is 4. The summed E-state index contributed by atoms with van der Waals surface area (Å²) in [6.07, 6.45) is 2.09. The number of urea groups is 1. The minimum atomic E-state index is -0.461. The second kappa shape index (κ2) is 13.9. The summed E-state index contributed by atoms with van der Waals surface area (Å²) < 4.78 is 5.72. The number of hydrogen-bond acceptors (Lipinski definition) is 4. The highest BCUT2D eigenvalue weighted by atomic mass is 32.2. The number of ether oxygens (including phenoxy) is 1. The molecule has 0 aliphatic carbocycles. The average molecular weight is 526 g/mol. The number of nitrogens with one attached hydrogen (secondary N) is 3. The molecule has 0 aromatic heterocycles. The first kappa shape index (κ1) is 26.8. The lowest BCUT2D eigenvalue weighted by Crippen LogP contribution is -2.19. The van der Waals surface area contributed by atoms with Gasteiger partial charge in [-0.15, -0.1) is 11.8 Å². The quantitative estimate of drug-likeness (QED) is 0.137. The molecule has 194 valence electrons. The van der Waals surface area contributed by atoms with Crippen LogP contribution in [0.2, 0.25) is 0 Å². The second-order valence-electron chi connectivity index (χ2n) is 8.59. The summed E-state index contributed by atoms with van der Waals surface area (Å²) in [5.74, 6) is 0.668. The molecule has 4 rings (SSSR count). The standard InChI is InChI=1S/C31H31N3O3S/c1-2-3-22-37-27-18-14-25(15-19-27)32-30(35)29(23-10-6-4-7-11-23)38-28-20-16-26(17-21-28)34-31(36)33-24-12-8-5-9-13-24/h4-21,29H,2-3,22H2,1H3,(H,32,35)(H2,33,34,36). The molecule has 0 radical (unpaired) electrons. The molecule has 7 heteroatoms. The van der Waals surface area contributed by atoms with Crippen molar-refractivity contribution in [1.82, 2.24) is 0 Å². The molecule has 38 heavy (non-hydrogen) atoms. The van der Waals surface area contributed by atoms with Gasteiger partial charge in [-0.05, 0) is 72.6 Å². The Kier molecular flexibility index (Phi) is 9.82. The van der Waals surface area contributed by atoms with Gasteiger partial charge >= 0.3 is 6.03 Å². The summed E-state index contributed by atoms with van der Waals surface area (Å²) in [4.78, 5) is 26.6. The van der Waals surface area contributed by atoms with Gasteiger partial charge in [0.25, 0.3) is 0 Å². The van der Waals surface area contributed by atoms with Crippen molar-refractivity contribution in [1.29, 1.82) is 0 Å². The van der Waals surface area contributed by atoms with E-state index in [1.54, 1.807) is 0 Å². The zero-order chi connectivity index (χ0) is 26.6. The third kappa shape index (κ3) is 8.15. The number of hydrogen-bond donors (Lipinski definition) is 3. The predicted molar refractivity (Wildman–Crippen MR) is 156 cm³/mol. The first-order valence-corrected chi connectivity index (χ1v) is 13.5. The minimum Gasteiger partial charge on any atom is -0.494 e. The number of thioether (sulfide) groups is 1. The first-order valence-electron chi connectivity index (χ1n) is 12.6. The fourth-order valence-corrected chi connectivity index (χ4v) is 4.67. The van der Waals surface area contributed by atoms with E-state index in [2.05, 4.69) is 22.9 Å². The molecule has 0 bridgehead atoms. The molecule has 0 aliphatic heterocycles. The molecule has 1 atom stereocenters. The van der Waals surface area contributed by atoms with Gasteiger partial charge in [-0.2, -0.15) is 0 Å². The molecule has 0 saturated carbocycles. The molecule has 3 N–H and O–H groups in total. The van der Waals surface area contributed by atoms with Crippen LogP contribution in [0.4, 0.5) is 21.9 Å². The van der Waals surface area contributed by atoms with E-state index in [0.717, 1.165) is 29.1 Å². The maximum atomic E-state index is 13.4. The third-order valence-corrected chi connectivity index (χ3v) is 6.89. The Morgan fingerprint density at radius 2 is 1.26 bits per heavy atom. The molecule has 1 unspecified atom stereocenters. The van der Waals surface area contributed by atoms with Crippen LogP contribution in [0.1, 0.15) is 30.6 Å². The Bertz CT molecular complexity index is 1300. The largest absolute Gasteiger partial charge is 0.494 e. The monoisotopic (exact) mass is 525 g/mol. The number of para-hydroxylation sites is 1. The number of carbonyl (C=O) groups is 2. The van der Waals surface area contributed by atoms with Crippen molar-refractivity contribution in [3.05, 3.63) is 115 Å². The Hall–Kier alpha value is -4.23. The van der Waals surface area contributed by atoms with E-state index in [9.17, 15) is 9.59 Å². The van der Waals surface area contributed by atoms with Crippen molar-refractivity contribution in [2.75, 3.05) is 22.6 Å². The van der Waals surface area contributed by atoms with Crippen molar-refractivity contribution < 1.29 is 14.3 Å². The summed E-state index contributed by atoms with van der Waals surface area (Å²) in [6.45, 7) is 2.81. The molecule has 0 fully saturated rings. The summed E-state index contributed by atoms with van der Waals surface area (Å²) in [5.41, 5.74) is 2.99. The predicted octanol–water partition coefficient (Wildman–Crippen LogP) is 7.98. The number of amides is 3. The lowest BCUT2D eigenvalue weighted by atomic mass is 10.1. The number of carbonyl (C=O) groups excluding carboxylic acids is 2. The molecule has 0 aliphatic rings. The second-order valence-corrected chi connectivity index (χ2v) is 9.77. The van der Waals surface area contributed by atoms with Crippen LogP contribution < -0.4 is 20.7 Å². The number of anilines is 3. The van der Waals surface area contributed by atoms with E-state index in [0.29, 0.717) is 23.7 Å². The maximum Gasteiger partial charge on any atom is 0.323 e. The van der Waals surface area contributed by atoms with E-state index >= 15 is 0 Å². The minimum absolute atomic E-state index is 0.120. The molecule has 6 nitrogen and oxygen atoms in total. The Balaban J connectivity index is 1.40. The van der Waals surface area contributed by atoms with Crippen molar-refractivity contribution >= 4 is 40.8 Å². The van der Waals surface area contributed by atoms with Gasteiger partial charge in [0.1, 0.15) is 11.0 Å². The van der Waals surface area contributed by atoms with Crippen molar-refractivity contribution in [3.63, 3.8) is 0 Å². The van der Waals surface area contributed by atoms with Crippen molar-refractivity contribution in [2.45, 2.75) is 29.9 Å². The van der Waals surface area contributed by atoms with Crippen LogP contribution in [-0.4, -0.2) is 18.5 Å². The topological polar surface area (TPSA) is 79.5 Å². The van der Waals surface area contributed by atoms with E-state index in [1.165, 1.54) is 11.8 Å². The normalized spacial score (nSPS) is 11.3. The van der Waals surface area contributed by atoms with Gasteiger partial charge in [-0.1, -0.05) is 61.9 Å². The fraction of sp³-hybridized carbons (Fsp3) is 0.161. The van der Waals surface area contributed by atoms with Gasteiger partial charge in [0.15, 0.2) is 0 Å². The lowest BCUT2D eigenvalue weighted by molar-refractivity contribution is -0.115. The first-order chi connectivity index (χ1) is 18.6. The summed E-state index contributed by atoms with van der Waals surface area (Å²) >= 11 is 1.45. The highest BCUT2D eigenvalue weighted by molar-refractivity contribution is 8.00. The van der Waals surface area contributed by atoms with E-state index < -0.39 is 5.25 Å². The summed E-state index contributed by atoms with van der Waals surface area (Å²) in [7, 11) is 0. The van der Waals surface area contributed by atoms with Gasteiger partial charge < -0.3 is 20.7 Å². The molecule has 0 heterocycles. The molecule has 0 saturated heterocycles. The molecule has 4 aromatic rings. The lowest BCUT2D eigenvalue weighted by Gasteiger charge is -2.18. The number of unbranched alkanes of at least 4 members (excludes halogenated alkanes) is 1. The van der Waals surface area contributed by atoms with Crippen LogP contribution in [0.5, 0.6) is 5.75 Å². The molecule has 4 aromatic carbocycles. The Morgan fingerprint density at radius 3 is 1.89 bits per heavy atom. The maximum absolute atomic E-state index is 13.4. The highest BCUT2D eigenvalue weighted by Crippen LogP contribution is 2.37. The van der Waals surface area contributed by atoms with Crippen molar-refractivity contribution in [2.24, 2.45) is 0 Å². The fourth-order valence-electron chi connectivity index (χ4n) is 3.65. The van der Waals surface area contributed by atoms with E-state index in [-0.39, 0.29) is 11.9 Å². The van der Waals surface area contributed by atoms with Crippen LogP contribution in [0.15, 0.2) is 114 Å². The third-order valence-electron chi connectivity index (χ3n) is 5.63. The molecule has 3 amide bonds. The van der Waals surface area contributed by atoms with Gasteiger partial charge in [-0.3, -0.25) is 4.79 Å². The van der Waals surface area contributed by atoms with Gasteiger partial charge in [0.05, 0.1) is 6.61 Å². The number of rotatable bonds is 11. The SMILES string of the molecule is CCCCOc1ccc(NC(=O)C(Sc2ccc(NC(=O)Nc3ccccc3)cc2)c2ccccc2)cc1. The van der Waals surface area contributed by atoms with Crippen LogP contribution in [-0.2, 0) is 4.79 Å². The molecular weight excluding hydrogens is 494 g/mol. The van der Waals surface area contributed by atoms with Crippen LogP contribution in [0.25, 0.3) is 0 Å². The average Bonchev–Trinajstić information content (AvgIpc) is 2.94. The highest BCUT2D eigenvalue weighted by Gasteiger charge is 2.22. The summed E-state index contributed by atoms with van der Waals surface area (Å²) in [6, 6.07) is 33.5. The Morgan fingerprint density at radius 1 is 0.711 bits per heavy atom. The zero-order valence-corrected chi connectivity index (χ0v) is 22.0. The van der Waals surface area contributed by atoms with Crippen LogP contribution in [0, 0.1) is 0 Å². The smallest absolute Gasteiger partial charge is 0.323 e. The van der Waals surface area contributed by atoms with Gasteiger partial charge in [0.2, 0.25) is 5.91 Å².